The van der Waals surface area contributed by atoms with Crippen molar-refractivity contribution in [3.05, 3.63) is 28.2 Å². The van der Waals surface area contributed by atoms with Crippen molar-refractivity contribution in [1.82, 2.24) is 5.32 Å². The molecule has 0 saturated carbocycles. The van der Waals surface area contributed by atoms with Crippen molar-refractivity contribution in [2.45, 2.75) is 0 Å². The van der Waals surface area contributed by atoms with Gasteiger partial charge in [0.1, 0.15) is 6.07 Å². The minimum absolute atomic E-state index is 0.459. The smallest absolute Gasteiger partial charge is 0.183 e. The number of hydrogen-bond donors (Lipinski definition) is 1. The maximum absolute atomic E-state index is 8.93. The Morgan fingerprint density at radius 3 is 2.81 bits per heavy atom. The lowest BCUT2D eigenvalue weighted by atomic mass is 10.2. The Kier molecular flexibility index (Phi) is 4.84. The maximum Gasteiger partial charge on any atom is 0.183 e. The van der Waals surface area contributed by atoms with E-state index in [1.54, 1.807) is 30.6 Å². The molecule has 80 valence electrons. The first-order valence-electron chi connectivity index (χ1n) is 4.18. The first-order chi connectivity index (χ1) is 7.71. The van der Waals surface area contributed by atoms with Crippen LogP contribution >= 0.6 is 27.7 Å². The van der Waals surface area contributed by atoms with E-state index in [-0.39, 0.29) is 0 Å². The monoisotopic (exact) mass is 294 g/mol. The van der Waals surface area contributed by atoms with Gasteiger partial charge in [0, 0.05) is 4.47 Å². The fourth-order valence-electron chi connectivity index (χ4n) is 0.977. The molecule has 0 amide bonds. The number of benzene rings is 1. The quantitative estimate of drug-likeness (QED) is 0.374. The molecule has 0 spiro atoms. The highest BCUT2D eigenvalue weighted by atomic mass is 79.9. The molecule has 0 unspecified atom stereocenters. The fraction of sp³-hybridized carbons (Fsp3) is 0.100. The van der Waals surface area contributed by atoms with Gasteiger partial charge in [-0.25, -0.2) is 4.99 Å². The number of thioether (sulfide) groups is 1. The Labute approximate surface area is 106 Å². The summed E-state index contributed by atoms with van der Waals surface area (Å²) in [5, 5.41) is 20.3. The summed E-state index contributed by atoms with van der Waals surface area (Å²) < 4.78 is 0.821. The Morgan fingerprint density at radius 2 is 2.25 bits per heavy atom. The predicted octanol–water partition coefficient (Wildman–Crippen LogP) is 2.74. The van der Waals surface area contributed by atoms with E-state index in [0.29, 0.717) is 16.4 Å². The highest BCUT2D eigenvalue weighted by molar-refractivity contribution is 9.10. The molecular weight excluding hydrogens is 288 g/mol. The SMILES string of the molecule is CSC(=Nc1ccc(Br)cc1C#N)NC#N. The summed E-state index contributed by atoms with van der Waals surface area (Å²) in [5.74, 6) is 0. The van der Waals surface area contributed by atoms with Crippen molar-refractivity contribution in [3.63, 3.8) is 0 Å². The lowest BCUT2D eigenvalue weighted by Crippen LogP contribution is -2.12. The lowest BCUT2D eigenvalue weighted by Gasteiger charge is -2.01. The zero-order valence-corrected chi connectivity index (χ0v) is 10.8. The summed E-state index contributed by atoms with van der Waals surface area (Å²) in [6, 6.07) is 7.25. The molecule has 0 heterocycles. The summed E-state index contributed by atoms with van der Waals surface area (Å²) in [6.45, 7) is 0. The molecule has 16 heavy (non-hydrogen) atoms. The van der Waals surface area contributed by atoms with Crippen LogP contribution < -0.4 is 5.32 Å². The molecule has 0 fully saturated rings. The van der Waals surface area contributed by atoms with Crippen LogP contribution in [0.2, 0.25) is 0 Å². The number of nitrogens with one attached hydrogen (secondary N) is 1. The van der Waals surface area contributed by atoms with Crippen LogP contribution in [0.3, 0.4) is 0 Å². The van der Waals surface area contributed by atoms with Crippen LogP contribution in [-0.4, -0.2) is 11.4 Å². The number of halogens is 1. The zero-order valence-electron chi connectivity index (χ0n) is 8.36. The number of hydrogen-bond acceptors (Lipinski definition) is 4. The average Bonchev–Trinajstić information content (AvgIpc) is 2.30. The third-order valence-corrected chi connectivity index (χ3v) is 2.73. The average molecular weight is 295 g/mol. The van der Waals surface area contributed by atoms with Crippen molar-refractivity contribution in [2.75, 3.05) is 6.26 Å². The van der Waals surface area contributed by atoms with Gasteiger partial charge < -0.3 is 0 Å². The Hall–Kier alpha value is -1.50. The minimum Gasteiger partial charge on any atom is -0.271 e. The standard InChI is InChI=1S/C10H7BrN4S/c1-16-10(14-6-13)15-9-3-2-8(11)4-7(9)5-12/h2-4H,1H3,(H,14,15). The molecule has 0 aliphatic heterocycles. The number of nitrogens with zero attached hydrogens (tertiary/aromatic N) is 3. The molecule has 0 aliphatic carbocycles. The number of amidine groups is 1. The second-order valence-electron chi connectivity index (χ2n) is 2.63. The van der Waals surface area contributed by atoms with Crippen LogP contribution in [0.1, 0.15) is 5.56 Å². The van der Waals surface area contributed by atoms with Gasteiger partial charge in [0.05, 0.1) is 11.3 Å². The molecule has 0 bridgehead atoms. The second kappa shape index (κ2) is 6.16. The van der Waals surface area contributed by atoms with Crippen LogP contribution in [0.4, 0.5) is 5.69 Å². The fourth-order valence-corrected chi connectivity index (χ4v) is 1.68. The molecule has 0 radical (unpaired) electrons. The van der Waals surface area contributed by atoms with Gasteiger partial charge in [0.2, 0.25) is 0 Å². The van der Waals surface area contributed by atoms with Crippen molar-refractivity contribution in [1.29, 1.82) is 10.5 Å². The molecular formula is C10H7BrN4S. The Bertz CT molecular complexity index is 499. The normalized spacial score (nSPS) is 10.4. The van der Waals surface area contributed by atoms with Crippen molar-refractivity contribution >= 4 is 38.5 Å². The van der Waals surface area contributed by atoms with E-state index in [0.717, 1.165) is 4.47 Å². The van der Waals surface area contributed by atoms with Crippen LogP contribution in [0.5, 0.6) is 0 Å². The van der Waals surface area contributed by atoms with Gasteiger partial charge in [0.25, 0.3) is 0 Å². The van der Waals surface area contributed by atoms with E-state index in [9.17, 15) is 0 Å². The maximum atomic E-state index is 8.93. The highest BCUT2D eigenvalue weighted by Crippen LogP contribution is 2.23. The van der Waals surface area contributed by atoms with Crippen molar-refractivity contribution in [2.24, 2.45) is 4.99 Å². The predicted molar refractivity (Wildman–Crippen MR) is 68.2 cm³/mol. The second-order valence-corrected chi connectivity index (χ2v) is 4.34. The van der Waals surface area contributed by atoms with E-state index in [1.165, 1.54) is 11.8 Å². The molecule has 4 nitrogen and oxygen atoms in total. The number of rotatable bonds is 1. The first kappa shape index (κ1) is 12.6. The summed E-state index contributed by atoms with van der Waals surface area (Å²) in [6.07, 6.45) is 3.59. The summed E-state index contributed by atoms with van der Waals surface area (Å²) in [5.41, 5.74) is 0.999. The molecule has 6 heteroatoms. The largest absolute Gasteiger partial charge is 0.271 e. The molecule has 0 aromatic heterocycles. The van der Waals surface area contributed by atoms with E-state index in [2.05, 4.69) is 32.3 Å². The molecule has 0 atom stereocenters. The lowest BCUT2D eigenvalue weighted by molar-refractivity contribution is 1.27. The van der Waals surface area contributed by atoms with Crippen molar-refractivity contribution < 1.29 is 0 Å². The van der Waals surface area contributed by atoms with Crippen LogP contribution in [0.15, 0.2) is 27.7 Å². The topological polar surface area (TPSA) is 72.0 Å². The molecule has 1 N–H and O–H groups in total. The summed E-state index contributed by atoms with van der Waals surface area (Å²) in [4.78, 5) is 4.18. The van der Waals surface area contributed by atoms with Gasteiger partial charge in [-0.1, -0.05) is 27.7 Å². The Balaban J connectivity index is 3.15. The third-order valence-electron chi connectivity index (χ3n) is 1.66. The van der Waals surface area contributed by atoms with Gasteiger partial charge in [-0.3, -0.25) is 5.32 Å². The van der Waals surface area contributed by atoms with Gasteiger partial charge in [-0.05, 0) is 24.5 Å². The minimum atomic E-state index is 0.459. The summed E-state index contributed by atoms with van der Waals surface area (Å²) >= 11 is 4.59. The van der Waals surface area contributed by atoms with E-state index < -0.39 is 0 Å². The highest BCUT2D eigenvalue weighted by Gasteiger charge is 2.03. The van der Waals surface area contributed by atoms with Crippen LogP contribution in [0, 0.1) is 22.8 Å². The van der Waals surface area contributed by atoms with Crippen molar-refractivity contribution in [3.8, 4) is 12.3 Å². The van der Waals surface area contributed by atoms with E-state index in [1.807, 2.05) is 0 Å². The Morgan fingerprint density at radius 1 is 1.50 bits per heavy atom. The zero-order chi connectivity index (χ0) is 12.0. The van der Waals surface area contributed by atoms with Gasteiger partial charge in [0.15, 0.2) is 11.4 Å². The molecule has 1 rings (SSSR count). The molecule has 0 saturated heterocycles. The summed E-state index contributed by atoms with van der Waals surface area (Å²) in [7, 11) is 0. The number of aliphatic imine (C=N–C) groups is 1. The van der Waals surface area contributed by atoms with Crippen LogP contribution in [0.25, 0.3) is 0 Å². The molecule has 0 aliphatic rings. The van der Waals surface area contributed by atoms with E-state index in [4.69, 9.17) is 10.5 Å². The first-order valence-corrected chi connectivity index (χ1v) is 6.20. The van der Waals surface area contributed by atoms with Gasteiger partial charge >= 0.3 is 0 Å². The van der Waals surface area contributed by atoms with E-state index >= 15 is 0 Å². The third kappa shape index (κ3) is 3.27. The van der Waals surface area contributed by atoms with Gasteiger partial charge in [-0.15, -0.1) is 0 Å². The molecule has 1 aromatic rings. The molecule has 1 aromatic carbocycles. The number of nitriles is 2. The van der Waals surface area contributed by atoms with Gasteiger partial charge in [-0.2, -0.15) is 10.5 Å². The van der Waals surface area contributed by atoms with Crippen LogP contribution in [-0.2, 0) is 0 Å².